The van der Waals surface area contributed by atoms with E-state index in [0.29, 0.717) is 0 Å². The highest BCUT2D eigenvalue weighted by Gasteiger charge is 2.42. The highest BCUT2D eigenvalue weighted by Crippen LogP contribution is 2.32. The monoisotopic (exact) mass is 301 g/mol. The molecule has 1 aliphatic rings. The van der Waals surface area contributed by atoms with Gasteiger partial charge in [-0.3, -0.25) is 9.59 Å². The van der Waals surface area contributed by atoms with Crippen molar-refractivity contribution in [2.24, 2.45) is 5.41 Å². The molecule has 4 nitrogen and oxygen atoms in total. The van der Waals surface area contributed by atoms with Gasteiger partial charge in [0.15, 0.2) is 0 Å². The quantitative estimate of drug-likeness (QED) is 0.913. The molecule has 0 aromatic heterocycles. The number of benzene rings is 1. The van der Waals surface area contributed by atoms with Crippen molar-refractivity contribution in [2.45, 2.75) is 19.5 Å². The minimum absolute atomic E-state index is 0.00257. The first-order chi connectivity index (χ1) is 9.63. The van der Waals surface area contributed by atoms with Gasteiger partial charge in [0.1, 0.15) is 0 Å². The van der Waals surface area contributed by atoms with Crippen LogP contribution in [0, 0.1) is 5.41 Å². The standard InChI is InChI=1S/C14H14F3NO3/c1-13(12(20)21)5-6-18(8-13)11(19)9-3-2-4-10(7-9)14(15,16)17/h2-4,7H,5-6,8H2,1H3,(H,20,21)/t13-/m0/s1. The summed E-state index contributed by atoms with van der Waals surface area (Å²) in [7, 11) is 0. The number of carboxylic acids is 1. The molecule has 2 rings (SSSR count). The summed E-state index contributed by atoms with van der Waals surface area (Å²) < 4.78 is 37.9. The van der Waals surface area contributed by atoms with E-state index in [1.54, 1.807) is 0 Å². The second-order valence-electron chi connectivity index (χ2n) is 5.42. The Kier molecular flexibility index (Phi) is 3.69. The smallest absolute Gasteiger partial charge is 0.416 e. The number of amides is 1. The SMILES string of the molecule is C[C@]1(C(=O)O)CCN(C(=O)c2cccc(C(F)(F)F)c2)C1. The lowest BCUT2D eigenvalue weighted by atomic mass is 9.90. The van der Waals surface area contributed by atoms with Gasteiger partial charge in [0.25, 0.3) is 5.91 Å². The Labute approximate surface area is 119 Å². The number of carbonyl (C=O) groups is 2. The number of hydrogen-bond donors (Lipinski definition) is 1. The van der Waals surface area contributed by atoms with E-state index in [2.05, 4.69) is 0 Å². The van der Waals surface area contributed by atoms with Gasteiger partial charge < -0.3 is 10.0 Å². The molecule has 1 saturated heterocycles. The molecule has 0 spiro atoms. The number of alkyl halides is 3. The largest absolute Gasteiger partial charge is 0.481 e. The number of nitrogens with zero attached hydrogens (tertiary/aromatic N) is 1. The van der Waals surface area contributed by atoms with Gasteiger partial charge in [0.2, 0.25) is 0 Å². The molecule has 0 aliphatic carbocycles. The summed E-state index contributed by atoms with van der Waals surface area (Å²) in [6.07, 6.45) is -4.23. The third kappa shape index (κ3) is 3.01. The van der Waals surface area contributed by atoms with Crippen LogP contribution in [0.4, 0.5) is 13.2 Å². The number of aliphatic carboxylic acids is 1. The molecule has 1 amide bonds. The number of rotatable bonds is 2. The van der Waals surface area contributed by atoms with E-state index in [4.69, 9.17) is 5.11 Å². The maximum atomic E-state index is 12.6. The number of hydrogen-bond acceptors (Lipinski definition) is 2. The Morgan fingerprint density at radius 2 is 2.00 bits per heavy atom. The minimum atomic E-state index is -4.52. The van der Waals surface area contributed by atoms with E-state index >= 15 is 0 Å². The van der Waals surface area contributed by atoms with Crippen LogP contribution in [0.15, 0.2) is 24.3 Å². The zero-order valence-electron chi connectivity index (χ0n) is 11.3. The van der Waals surface area contributed by atoms with E-state index in [1.807, 2.05) is 0 Å². The number of carboxylic acid groups (broad SMARTS) is 1. The lowest BCUT2D eigenvalue weighted by molar-refractivity contribution is -0.147. The van der Waals surface area contributed by atoms with Crippen molar-refractivity contribution in [1.29, 1.82) is 0 Å². The molecule has 0 bridgehead atoms. The molecule has 0 saturated carbocycles. The summed E-state index contributed by atoms with van der Waals surface area (Å²) in [5.41, 5.74) is -2.02. The average Bonchev–Trinajstić information content (AvgIpc) is 2.81. The van der Waals surface area contributed by atoms with Gasteiger partial charge >= 0.3 is 12.1 Å². The normalized spacial score (nSPS) is 22.4. The average molecular weight is 301 g/mol. The maximum absolute atomic E-state index is 12.6. The summed E-state index contributed by atoms with van der Waals surface area (Å²) >= 11 is 0. The van der Waals surface area contributed by atoms with Gasteiger partial charge in [-0.05, 0) is 31.5 Å². The Bertz CT molecular complexity index is 585. The van der Waals surface area contributed by atoms with Crippen molar-refractivity contribution in [1.82, 2.24) is 4.90 Å². The van der Waals surface area contributed by atoms with Gasteiger partial charge in [0, 0.05) is 18.7 Å². The van der Waals surface area contributed by atoms with Crippen molar-refractivity contribution in [2.75, 3.05) is 13.1 Å². The summed E-state index contributed by atoms with van der Waals surface area (Å²) in [4.78, 5) is 24.6. The van der Waals surface area contributed by atoms with Crippen LogP contribution in [0.25, 0.3) is 0 Å². The predicted molar refractivity (Wildman–Crippen MR) is 67.7 cm³/mol. The van der Waals surface area contributed by atoms with Gasteiger partial charge in [-0.2, -0.15) is 13.2 Å². The maximum Gasteiger partial charge on any atom is 0.416 e. The molecule has 1 atom stereocenters. The predicted octanol–water partition coefficient (Wildman–Crippen LogP) is 2.64. The van der Waals surface area contributed by atoms with Gasteiger partial charge in [-0.1, -0.05) is 6.07 Å². The molecule has 1 aromatic carbocycles. The van der Waals surface area contributed by atoms with Gasteiger partial charge in [-0.15, -0.1) is 0 Å². The molecular weight excluding hydrogens is 287 g/mol. The molecule has 1 N–H and O–H groups in total. The topological polar surface area (TPSA) is 57.6 Å². The molecule has 114 valence electrons. The summed E-state index contributed by atoms with van der Waals surface area (Å²) in [6, 6.07) is 4.15. The third-order valence-electron chi connectivity index (χ3n) is 3.71. The van der Waals surface area contributed by atoms with Crippen LogP contribution in [-0.4, -0.2) is 35.0 Å². The number of carbonyl (C=O) groups excluding carboxylic acids is 1. The molecule has 1 fully saturated rings. The fourth-order valence-electron chi connectivity index (χ4n) is 2.32. The van der Waals surface area contributed by atoms with Crippen molar-refractivity contribution in [3.63, 3.8) is 0 Å². The van der Waals surface area contributed by atoms with Crippen LogP contribution < -0.4 is 0 Å². The first-order valence-corrected chi connectivity index (χ1v) is 6.33. The first kappa shape index (κ1) is 15.3. The van der Waals surface area contributed by atoms with Crippen LogP contribution in [0.1, 0.15) is 29.3 Å². The second-order valence-corrected chi connectivity index (χ2v) is 5.42. The van der Waals surface area contributed by atoms with Crippen molar-refractivity contribution < 1.29 is 27.9 Å². The Hall–Kier alpha value is -2.05. The van der Waals surface area contributed by atoms with Gasteiger partial charge in [0.05, 0.1) is 11.0 Å². The highest BCUT2D eigenvalue weighted by atomic mass is 19.4. The first-order valence-electron chi connectivity index (χ1n) is 6.33. The Morgan fingerprint density at radius 1 is 1.33 bits per heavy atom. The summed E-state index contributed by atoms with van der Waals surface area (Å²) in [6.45, 7) is 1.74. The zero-order valence-corrected chi connectivity index (χ0v) is 11.3. The number of likely N-dealkylation sites (tertiary alicyclic amines) is 1. The van der Waals surface area contributed by atoms with Crippen LogP contribution in [-0.2, 0) is 11.0 Å². The van der Waals surface area contributed by atoms with E-state index in [-0.39, 0.29) is 25.1 Å². The van der Waals surface area contributed by atoms with Crippen LogP contribution >= 0.6 is 0 Å². The number of halogens is 3. The van der Waals surface area contributed by atoms with E-state index in [0.717, 1.165) is 12.1 Å². The molecule has 21 heavy (non-hydrogen) atoms. The Morgan fingerprint density at radius 3 is 2.52 bits per heavy atom. The van der Waals surface area contributed by atoms with E-state index in [9.17, 15) is 22.8 Å². The lowest BCUT2D eigenvalue weighted by Gasteiger charge is -2.20. The second kappa shape index (κ2) is 5.05. The van der Waals surface area contributed by atoms with E-state index in [1.165, 1.54) is 24.0 Å². The van der Waals surface area contributed by atoms with Crippen LogP contribution in [0.2, 0.25) is 0 Å². The highest BCUT2D eigenvalue weighted by molar-refractivity contribution is 5.95. The molecule has 1 aliphatic heterocycles. The fraction of sp³-hybridized carbons (Fsp3) is 0.429. The van der Waals surface area contributed by atoms with Crippen LogP contribution in [0.3, 0.4) is 0 Å². The molecule has 1 aromatic rings. The molecule has 0 radical (unpaired) electrons. The van der Waals surface area contributed by atoms with E-state index < -0.39 is 29.0 Å². The van der Waals surface area contributed by atoms with Crippen molar-refractivity contribution in [3.05, 3.63) is 35.4 Å². The molecular formula is C14H14F3NO3. The Balaban J connectivity index is 2.21. The van der Waals surface area contributed by atoms with Crippen LogP contribution in [0.5, 0.6) is 0 Å². The molecule has 7 heteroatoms. The third-order valence-corrected chi connectivity index (χ3v) is 3.71. The fourth-order valence-corrected chi connectivity index (χ4v) is 2.32. The zero-order chi connectivity index (χ0) is 15.8. The van der Waals surface area contributed by atoms with Gasteiger partial charge in [-0.25, -0.2) is 0 Å². The molecule has 1 heterocycles. The lowest BCUT2D eigenvalue weighted by Crippen LogP contribution is -2.34. The summed E-state index contributed by atoms with van der Waals surface area (Å²) in [5, 5.41) is 9.11. The van der Waals surface area contributed by atoms with Crippen molar-refractivity contribution >= 4 is 11.9 Å². The summed E-state index contributed by atoms with van der Waals surface area (Å²) in [5.74, 6) is -1.59. The molecule has 0 unspecified atom stereocenters. The minimum Gasteiger partial charge on any atom is -0.481 e. The van der Waals surface area contributed by atoms with Crippen molar-refractivity contribution in [3.8, 4) is 0 Å².